The molecule has 0 bridgehead atoms. The first-order chi connectivity index (χ1) is 18.6. The molecule has 5 heteroatoms. The van der Waals surface area contributed by atoms with E-state index in [0.29, 0.717) is 18.6 Å². The molecule has 0 aromatic heterocycles. The fraction of sp³-hybridized carbons (Fsp3) is 0.333. The summed E-state index contributed by atoms with van der Waals surface area (Å²) in [6.07, 6.45) is 4.13. The molecule has 0 saturated carbocycles. The second-order valence-corrected chi connectivity index (χ2v) is 8.11. The number of ketones is 2. The number of carbonyl (C=O) groups is 2. The van der Waals surface area contributed by atoms with Crippen molar-refractivity contribution >= 4 is 17.3 Å². The molecule has 3 aliphatic carbocycles. The fourth-order valence-electron chi connectivity index (χ4n) is 4.85. The Labute approximate surface area is 226 Å². The summed E-state index contributed by atoms with van der Waals surface area (Å²) in [5, 5.41) is 9.24. The highest BCUT2D eigenvalue weighted by Crippen LogP contribution is 2.38. The monoisotopic (exact) mass is 516 g/mol. The van der Waals surface area contributed by atoms with E-state index in [1.165, 1.54) is 5.56 Å². The van der Waals surface area contributed by atoms with Crippen molar-refractivity contribution in [3.8, 4) is 0 Å². The van der Waals surface area contributed by atoms with Gasteiger partial charge in [-0.1, -0.05) is 114 Å². The first-order valence-electron chi connectivity index (χ1n) is 13.5. The number of hydrogen-bond donors (Lipinski definition) is 1. The highest BCUT2D eigenvalue weighted by atomic mass is 16.7. The number of carbonyl (C=O) groups excluding carboxylic acids is 2. The molecule has 3 aromatic carbocycles. The second-order valence-electron chi connectivity index (χ2n) is 8.11. The molecular formula is C33H40O5. The lowest BCUT2D eigenvalue weighted by Crippen LogP contribution is -2.25. The number of aliphatic hydroxyl groups is 1. The van der Waals surface area contributed by atoms with Gasteiger partial charge in [0.05, 0.1) is 0 Å². The van der Waals surface area contributed by atoms with Gasteiger partial charge in [-0.3, -0.25) is 9.59 Å². The van der Waals surface area contributed by atoms with Crippen LogP contribution in [0.1, 0.15) is 84.5 Å². The third-order valence-corrected chi connectivity index (χ3v) is 6.41. The van der Waals surface area contributed by atoms with Gasteiger partial charge in [0.25, 0.3) is 0 Å². The number of hydrogen-bond acceptors (Lipinski definition) is 5. The third kappa shape index (κ3) is 7.12. The number of benzene rings is 3. The van der Waals surface area contributed by atoms with Crippen molar-refractivity contribution in [1.29, 1.82) is 0 Å². The minimum absolute atomic E-state index is 0.145. The van der Waals surface area contributed by atoms with E-state index < -0.39 is 0 Å². The Balaban J connectivity index is 0.000000339. The highest BCUT2D eigenvalue weighted by molar-refractivity contribution is 6.09. The largest absolute Gasteiger partial charge is 0.508 e. The van der Waals surface area contributed by atoms with Crippen molar-refractivity contribution in [1.82, 2.24) is 0 Å². The molecule has 3 aromatic rings. The first kappa shape index (κ1) is 32.2. The molecule has 38 heavy (non-hydrogen) atoms. The smallest absolute Gasteiger partial charge is 0.167 e. The van der Waals surface area contributed by atoms with E-state index in [0.717, 1.165) is 34.2 Å². The van der Waals surface area contributed by atoms with Crippen LogP contribution < -0.4 is 0 Å². The Hall–Kier alpha value is -3.86. The Morgan fingerprint density at radius 2 is 0.895 bits per heavy atom. The standard InChI is InChI=1S/C18H14O2.C9H8O.3C2H6.O2/c19-17-13-7-3-1-5-11(13)9-15(17)16-10-12-6-2-4-8-14(12)18(16)20;10-9-6-5-7-3-1-2-4-8(7)9;4*1-2/h1-8,15-16H,9-10H2;1-4,6,10H,5H2;3*1-2H3;. The molecular weight excluding hydrogens is 476 g/mol. The average Bonchev–Trinajstić information content (AvgIpc) is 3.66. The van der Waals surface area contributed by atoms with Crippen molar-refractivity contribution in [2.24, 2.45) is 11.8 Å². The summed E-state index contributed by atoms with van der Waals surface area (Å²) in [5.74, 6) is 0.369. The zero-order valence-electron chi connectivity index (χ0n) is 23.4. The molecule has 5 nitrogen and oxygen atoms in total. The Kier molecular flexibility index (Phi) is 14.2. The SMILES string of the molecule is CC.CC.CC.O=C1c2ccccc2CC1C1Cc2ccccc2C1=O.O=O.OC1=CCc2ccccc21. The van der Waals surface area contributed by atoms with E-state index >= 15 is 0 Å². The lowest BCUT2D eigenvalue weighted by molar-refractivity contribution is 0.0796. The zero-order chi connectivity index (χ0) is 28.7. The van der Waals surface area contributed by atoms with Gasteiger partial charge < -0.3 is 5.11 Å². The fourth-order valence-corrected chi connectivity index (χ4v) is 4.85. The van der Waals surface area contributed by atoms with Crippen LogP contribution in [0.15, 0.2) is 78.9 Å². The van der Waals surface area contributed by atoms with E-state index in [9.17, 15) is 14.7 Å². The van der Waals surface area contributed by atoms with Gasteiger partial charge in [0.15, 0.2) is 11.6 Å². The molecule has 2 unspecified atom stereocenters. The van der Waals surface area contributed by atoms with Crippen LogP contribution >= 0.6 is 0 Å². The van der Waals surface area contributed by atoms with Crippen molar-refractivity contribution in [3.63, 3.8) is 0 Å². The van der Waals surface area contributed by atoms with Crippen LogP contribution in [-0.2, 0) is 19.3 Å². The zero-order valence-corrected chi connectivity index (χ0v) is 23.4. The molecule has 3 aliphatic rings. The summed E-state index contributed by atoms with van der Waals surface area (Å²) in [7, 11) is 0. The molecule has 202 valence electrons. The van der Waals surface area contributed by atoms with Crippen molar-refractivity contribution < 1.29 is 14.7 Å². The topological polar surface area (TPSA) is 88.5 Å². The Morgan fingerprint density at radius 1 is 0.553 bits per heavy atom. The quantitative estimate of drug-likeness (QED) is 0.351. The maximum absolute atomic E-state index is 12.5. The number of aliphatic hydroxyl groups excluding tert-OH is 1. The van der Waals surface area contributed by atoms with Gasteiger partial charge in [0.1, 0.15) is 5.76 Å². The van der Waals surface area contributed by atoms with Crippen LogP contribution in [0.3, 0.4) is 0 Å². The second kappa shape index (κ2) is 16.8. The molecule has 1 N–H and O–H groups in total. The third-order valence-electron chi connectivity index (χ3n) is 6.41. The van der Waals surface area contributed by atoms with E-state index in [1.807, 2.05) is 120 Å². The summed E-state index contributed by atoms with van der Waals surface area (Å²) in [4.78, 5) is 39.1. The van der Waals surface area contributed by atoms with Gasteiger partial charge in [-0.25, -0.2) is 0 Å². The molecule has 2 atom stereocenters. The highest BCUT2D eigenvalue weighted by Gasteiger charge is 2.43. The van der Waals surface area contributed by atoms with Crippen LogP contribution in [0.5, 0.6) is 0 Å². The van der Waals surface area contributed by atoms with Crippen molar-refractivity contribution in [3.05, 3.63) is 122 Å². The molecule has 0 heterocycles. The van der Waals surface area contributed by atoms with Gasteiger partial charge in [-0.05, 0) is 42.0 Å². The predicted octanol–water partition coefficient (Wildman–Crippen LogP) is 8.38. The first-order valence-corrected chi connectivity index (χ1v) is 13.5. The molecule has 0 saturated heterocycles. The normalized spacial score (nSPS) is 16.9. The summed E-state index contributed by atoms with van der Waals surface area (Å²) >= 11 is 0. The summed E-state index contributed by atoms with van der Waals surface area (Å²) in [5.41, 5.74) is 6.00. The Bertz CT molecular complexity index is 1150. The minimum atomic E-state index is -0.174. The van der Waals surface area contributed by atoms with Gasteiger partial charge in [-0.2, -0.15) is 0 Å². The number of fused-ring (bicyclic) bond motifs is 3. The lowest BCUT2D eigenvalue weighted by atomic mass is 9.86. The van der Waals surface area contributed by atoms with Crippen LogP contribution in [0, 0.1) is 21.8 Å². The lowest BCUT2D eigenvalue weighted by Gasteiger charge is -2.14. The van der Waals surface area contributed by atoms with E-state index in [1.54, 1.807) is 0 Å². The Morgan fingerprint density at radius 3 is 1.26 bits per heavy atom. The van der Waals surface area contributed by atoms with Crippen molar-refractivity contribution in [2.45, 2.75) is 60.8 Å². The molecule has 0 fully saturated rings. The van der Waals surface area contributed by atoms with Crippen LogP contribution in [0.4, 0.5) is 0 Å². The van der Waals surface area contributed by atoms with Crippen LogP contribution in [-0.4, -0.2) is 16.7 Å². The average molecular weight is 517 g/mol. The predicted molar refractivity (Wildman–Crippen MR) is 157 cm³/mol. The van der Waals surface area contributed by atoms with Gasteiger partial charge in [0, 0.05) is 38.5 Å². The number of rotatable bonds is 1. The molecule has 6 rings (SSSR count). The summed E-state index contributed by atoms with van der Waals surface area (Å²) in [6.45, 7) is 12.0. The summed E-state index contributed by atoms with van der Waals surface area (Å²) < 4.78 is 0. The van der Waals surface area contributed by atoms with Crippen molar-refractivity contribution in [2.75, 3.05) is 0 Å². The maximum atomic E-state index is 12.5. The summed E-state index contributed by atoms with van der Waals surface area (Å²) in [6, 6.07) is 23.4. The van der Waals surface area contributed by atoms with Gasteiger partial charge >= 0.3 is 0 Å². The molecule has 0 spiro atoms. The van der Waals surface area contributed by atoms with E-state index in [4.69, 9.17) is 9.93 Å². The van der Waals surface area contributed by atoms with Gasteiger partial charge in [0.2, 0.25) is 0 Å². The maximum Gasteiger partial charge on any atom is 0.167 e. The number of Topliss-reactive ketones (excluding diaryl/α,β-unsaturated/α-hetero) is 2. The molecule has 0 aliphatic heterocycles. The van der Waals surface area contributed by atoms with E-state index in [-0.39, 0.29) is 23.4 Å². The molecule has 0 radical (unpaired) electrons. The van der Waals surface area contributed by atoms with Crippen LogP contribution in [0.2, 0.25) is 0 Å². The number of allylic oxidation sites excluding steroid dienone is 1. The van der Waals surface area contributed by atoms with Gasteiger partial charge in [-0.15, -0.1) is 0 Å². The van der Waals surface area contributed by atoms with E-state index in [2.05, 4.69) is 0 Å². The minimum Gasteiger partial charge on any atom is -0.508 e. The van der Waals surface area contributed by atoms with Crippen LogP contribution in [0.25, 0.3) is 5.76 Å². The molecule has 0 amide bonds.